The Labute approximate surface area is 122 Å². The number of anilines is 2. The molecule has 0 fully saturated rings. The molecule has 2 rings (SSSR count). The van der Waals surface area contributed by atoms with Gasteiger partial charge in [-0.15, -0.1) is 0 Å². The van der Waals surface area contributed by atoms with Crippen molar-refractivity contribution < 1.29 is 14.7 Å². The van der Waals surface area contributed by atoms with Crippen molar-refractivity contribution in [2.75, 3.05) is 10.6 Å². The van der Waals surface area contributed by atoms with Gasteiger partial charge in [0.25, 0.3) is 0 Å². The topological polar surface area (TPSA) is 78.4 Å². The summed E-state index contributed by atoms with van der Waals surface area (Å²) < 4.78 is 0. The number of carbonyl (C=O) groups excluding carboxylic acids is 1. The zero-order valence-corrected chi connectivity index (χ0v) is 11.6. The van der Waals surface area contributed by atoms with Crippen molar-refractivity contribution >= 4 is 23.4 Å². The molecule has 0 atom stereocenters. The number of nitrogens with one attached hydrogen (secondary N) is 2. The number of carbonyl (C=O) groups is 2. The quantitative estimate of drug-likeness (QED) is 0.806. The molecule has 0 bridgehead atoms. The monoisotopic (exact) mass is 284 g/mol. The predicted molar refractivity (Wildman–Crippen MR) is 81.6 cm³/mol. The van der Waals surface area contributed by atoms with Gasteiger partial charge >= 0.3 is 12.0 Å². The van der Waals surface area contributed by atoms with Crippen molar-refractivity contribution in [1.29, 1.82) is 0 Å². The van der Waals surface area contributed by atoms with Crippen LogP contribution in [-0.4, -0.2) is 17.1 Å². The van der Waals surface area contributed by atoms with E-state index in [0.29, 0.717) is 16.9 Å². The molecule has 2 aromatic rings. The number of rotatable bonds is 4. The van der Waals surface area contributed by atoms with Crippen LogP contribution >= 0.6 is 0 Å². The Hall–Kier alpha value is -2.82. The number of aliphatic carboxylic acids is 1. The van der Waals surface area contributed by atoms with Crippen LogP contribution in [0.25, 0.3) is 0 Å². The molecule has 0 aliphatic heterocycles. The molecule has 21 heavy (non-hydrogen) atoms. The lowest BCUT2D eigenvalue weighted by atomic mass is 10.1. The summed E-state index contributed by atoms with van der Waals surface area (Å²) in [4.78, 5) is 22.6. The first-order valence-electron chi connectivity index (χ1n) is 6.48. The first kappa shape index (κ1) is 14.6. The molecule has 2 aromatic carbocycles. The highest BCUT2D eigenvalue weighted by molar-refractivity contribution is 5.99. The van der Waals surface area contributed by atoms with Crippen molar-refractivity contribution in [1.82, 2.24) is 0 Å². The van der Waals surface area contributed by atoms with Crippen LogP contribution < -0.4 is 10.6 Å². The summed E-state index contributed by atoms with van der Waals surface area (Å²) in [6.45, 7) is 1.94. The van der Waals surface area contributed by atoms with E-state index in [1.54, 1.807) is 30.3 Å². The van der Waals surface area contributed by atoms with Gasteiger partial charge in [0.05, 0.1) is 6.42 Å². The molecule has 108 valence electrons. The molecule has 5 heteroatoms. The van der Waals surface area contributed by atoms with E-state index in [9.17, 15) is 9.59 Å². The second-order valence-corrected chi connectivity index (χ2v) is 4.72. The third kappa shape index (κ3) is 4.65. The molecule has 0 radical (unpaired) electrons. The Morgan fingerprint density at radius 2 is 1.62 bits per heavy atom. The predicted octanol–water partition coefficient (Wildman–Crippen LogP) is 3.27. The van der Waals surface area contributed by atoms with Crippen molar-refractivity contribution in [3.63, 3.8) is 0 Å². The Balaban J connectivity index is 2.01. The van der Waals surface area contributed by atoms with Crippen molar-refractivity contribution in [2.24, 2.45) is 0 Å². The van der Waals surface area contributed by atoms with Gasteiger partial charge in [0.1, 0.15) is 0 Å². The zero-order valence-electron chi connectivity index (χ0n) is 11.6. The lowest BCUT2D eigenvalue weighted by Gasteiger charge is -2.09. The third-order valence-electron chi connectivity index (χ3n) is 2.82. The fourth-order valence-electron chi connectivity index (χ4n) is 1.95. The van der Waals surface area contributed by atoms with E-state index in [0.717, 1.165) is 5.56 Å². The molecule has 0 saturated heterocycles. The van der Waals surface area contributed by atoms with Crippen LogP contribution in [0.3, 0.4) is 0 Å². The normalized spacial score (nSPS) is 9.95. The van der Waals surface area contributed by atoms with Crippen LogP contribution in [0, 0.1) is 6.92 Å². The minimum atomic E-state index is -0.906. The van der Waals surface area contributed by atoms with Crippen LogP contribution in [-0.2, 0) is 11.2 Å². The lowest BCUT2D eigenvalue weighted by Crippen LogP contribution is -2.19. The molecule has 0 spiro atoms. The summed E-state index contributed by atoms with van der Waals surface area (Å²) >= 11 is 0. The van der Waals surface area contributed by atoms with Crippen LogP contribution in [0.5, 0.6) is 0 Å². The highest BCUT2D eigenvalue weighted by Crippen LogP contribution is 2.13. The van der Waals surface area contributed by atoms with Crippen molar-refractivity contribution in [3.8, 4) is 0 Å². The summed E-state index contributed by atoms with van der Waals surface area (Å²) in [5, 5.41) is 14.2. The number of amides is 2. The third-order valence-corrected chi connectivity index (χ3v) is 2.82. The molecule has 5 nitrogen and oxygen atoms in total. The van der Waals surface area contributed by atoms with Gasteiger partial charge in [0, 0.05) is 11.4 Å². The fraction of sp³-hybridized carbons (Fsp3) is 0.125. The van der Waals surface area contributed by atoms with Gasteiger partial charge in [-0.3, -0.25) is 4.79 Å². The first-order chi connectivity index (χ1) is 10.0. The van der Waals surface area contributed by atoms with E-state index in [1.165, 1.54) is 0 Å². The molecule has 2 amide bonds. The Morgan fingerprint density at radius 1 is 1.00 bits per heavy atom. The number of urea groups is 1. The largest absolute Gasteiger partial charge is 0.481 e. The number of aryl methyl sites for hydroxylation is 1. The summed E-state index contributed by atoms with van der Waals surface area (Å²) in [7, 11) is 0. The molecule has 0 saturated carbocycles. The Bertz CT molecular complexity index is 668. The standard InChI is InChI=1S/C16H16N2O3/c1-11-4-2-6-13(8-11)17-16(21)18-14-7-3-5-12(9-14)10-15(19)20/h2-9H,10H2,1H3,(H,19,20)(H2,17,18,21). The van der Waals surface area contributed by atoms with Crippen LogP contribution in [0.1, 0.15) is 11.1 Å². The van der Waals surface area contributed by atoms with Crippen LogP contribution in [0.15, 0.2) is 48.5 Å². The van der Waals surface area contributed by atoms with E-state index < -0.39 is 5.97 Å². The van der Waals surface area contributed by atoms with Crippen LogP contribution in [0.2, 0.25) is 0 Å². The molecule has 0 aliphatic rings. The van der Waals surface area contributed by atoms with Gasteiger partial charge in [-0.25, -0.2) is 4.79 Å². The summed E-state index contributed by atoms with van der Waals surface area (Å²) in [6.07, 6.45) is -0.0744. The average Bonchev–Trinajstić information content (AvgIpc) is 2.37. The van der Waals surface area contributed by atoms with E-state index in [2.05, 4.69) is 10.6 Å². The minimum absolute atomic E-state index is 0.0744. The van der Waals surface area contributed by atoms with Gasteiger partial charge in [-0.2, -0.15) is 0 Å². The molecule has 0 aliphatic carbocycles. The molecule has 0 heterocycles. The Morgan fingerprint density at radius 3 is 2.24 bits per heavy atom. The maximum atomic E-state index is 11.9. The van der Waals surface area contributed by atoms with E-state index in [1.807, 2.05) is 25.1 Å². The maximum Gasteiger partial charge on any atom is 0.323 e. The summed E-state index contributed by atoms with van der Waals surface area (Å²) in [5.41, 5.74) is 2.94. The first-order valence-corrected chi connectivity index (χ1v) is 6.48. The fourth-order valence-corrected chi connectivity index (χ4v) is 1.95. The molecule has 3 N–H and O–H groups in total. The number of hydrogen-bond donors (Lipinski definition) is 3. The number of carboxylic acids is 1. The highest BCUT2D eigenvalue weighted by Gasteiger charge is 2.05. The van der Waals surface area contributed by atoms with Crippen molar-refractivity contribution in [2.45, 2.75) is 13.3 Å². The maximum absolute atomic E-state index is 11.9. The van der Waals surface area contributed by atoms with Gasteiger partial charge in [0.2, 0.25) is 0 Å². The molecule has 0 aromatic heterocycles. The number of hydrogen-bond acceptors (Lipinski definition) is 2. The number of benzene rings is 2. The minimum Gasteiger partial charge on any atom is -0.481 e. The van der Waals surface area contributed by atoms with Crippen LogP contribution in [0.4, 0.5) is 16.2 Å². The summed E-state index contributed by atoms with van der Waals surface area (Å²) in [6, 6.07) is 13.9. The Kier molecular flexibility index (Phi) is 4.56. The lowest BCUT2D eigenvalue weighted by molar-refractivity contribution is -0.136. The summed E-state index contributed by atoms with van der Waals surface area (Å²) in [5.74, 6) is -0.906. The van der Waals surface area contributed by atoms with Gasteiger partial charge < -0.3 is 15.7 Å². The van der Waals surface area contributed by atoms with Gasteiger partial charge in [0.15, 0.2) is 0 Å². The molecular weight excluding hydrogens is 268 g/mol. The zero-order chi connectivity index (χ0) is 15.2. The van der Waals surface area contributed by atoms with Gasteiger partial charge in [-0.1, -0.05) is 24.3 Å². The van der Waals surface area contributed by atoms with E-state index in [4.69, 9.17) is 5.11 Å². The average molecular weight is 284 g/mol. The van der Waals surface area contributed by atoms with Crippen molar-refractivity contribution in [3.05, 3.63) is 59.7 Å². The smallest absolute Gasteiger partial charge is 0.323 e. The second kappa shape index (κ2) is 6.56. The van der Waals surface area contributed by atoms with E-state index in [-0.39, 0.29) is 12.5 Å². The highest BCUT2D eigenvalue weighted by atomic mass is 16.4. The van der Waals surface area contributed by atoms with E-state index >= 15 is 0 Å². The molecular formula is C16H16N2O3. The van der Waals surface area contributed by atoms with Gasteiger partial charge in [-0.05, 0) is 42.3 Å². The number of carboxylic acid groups (broad SMARTS) is 1. The molecule has 0 unspecified atom stereocenters. The SMILES string of the molecule is Cc1cccc(NC(=O)Nc2cccc(CC(=O)O)c2)c1. The second-order valence-electron chi connectivity index (χ2n) is 4.72.